The number of benzene rings is 1. The molecule has 0 unspecified atom stereocenters. The number of nitrogens with zero attached hydrogens (tertiary/aromatic N) is 3. The van der Waals surface area contributed by atoms with E-state index in [1.807, 2.05) is 55.2 Å². The SMILES string of the molecule is CN1CCC(N(C)C(=O)Nc2ccc(N(C)C)cc2)CC1. The van der Waals surface area contributed by atoms with Crippen molar-refractivity contribution in [3.05, 3.63) is 24.3 Å². The molecule has 0 spiro atoms. The molecule has 2 amide bonds. The van der Waals surface area contributed by atoms with Gasteiger partial charge in [-0.3, -0.25) is 0 Å². The number of piperidine rings is 1. The number of amides is 2. The Bertz CT molecular complexity index is 464. The zero-order valence-electron chi connectivity index (χ0n) is 13.5. The molecule has 21 heavy (non-hydrogen) atoms. The molecule has 0 bridgehead atoms. The van der Waals surface area contributed by atoms with E-state index in [2.05, 4.69) is 17.3 Å². The second-order valence-corrected chi connectivity index (χ2v) is 6.02. The molecule has 116 valence electrons. The summed E-state index contributed by atoms with van der Waals surface area (Å²) in [6, 6.07) is 8.20. The van der Waals surface area contributed by atoms with Crippen molar-refractivity contribution < 1.29 is 4.79 Å². The topological polar surface area (TPSA) is 38.8 Å². The zero-order valence-corrected chi connectivity index (χ0v) is 13.5. The van der Waals surface area contributed by atoms with Crippen molar-refractivity contribution in [1.29, 1.82) is 0 Å². The number of rotatable bonds is 3. The summed E-state index contributed by atoms with van der Waals surface area (Å²) >= 11 is 0. The van der Waals surface area contributed by atoms with E-state index < -0.39 is 0 Å². The lowest BCUT2D eigenvalue weighted by Crippen LogP contribution is -2.46. The van der Waals surface area contributed by atoms with E-state index in [0.29, 0.717) is 6.04 Å². The Labute approximate surface area is 127 Å². The second kappa shape index (κ2) is 6.80. The summed E-state index contributed by atoms with van der Waals surface area (Å²) < 4.78 is 0. The zero-order chi connectivity index (χ0) is 15.4. The van der Waals surface area contributed by atoms with Gasteiger partial charge in [-0.15, -0.1) is 0 Å². The van der Waals surface area contributed by atoms with Crippen LogP contribution in [0.25, 0.3) is 0 Å². The molecule has 5 nitrogen and oxygen atoms in total. The summed E-state index contributed by atoms with van der Waals surface area (Å²) in [7, 11) is 8.02. The highest BCUT2D eigenvalue weighted by atomic mass is 16.2. The summed E-state index contributed by atoms with van der Waals surface area (Å²) in [6.45, 7) is 2.11. The molecule has 0 aromatic heterocycles. The van der Waals surface area contributed by atoms with E-state index in [9.17, 15) is 4.79 Å². The van der Waals surface area contributed by atoms with Crippen LogP contribution in [-0.2, 0) is 0 Å². The standard InChI is InChI=1S/C16H26N4O/c1-18(2)14-7-5-13(6-8-14)17-16(21)20(4)15-9-11-19(3)12-10-15/h5-8,15H,9-12H2,1-4H3,(H,17,21). The van der Waals surface area contributed by atoms with Crippen LogP contribution in [0.5, 0.6) is 0 Å². The summed E-state index contributed by atoms with van der Waals surface area (Å²) in [5.41, 5.74) is 1.96. The predicted molar refractivity (Wildman–Crippen MR) is 88.1 cm³/mol. The van der Waals surface area contributed by atoms with Gasteiger partial charge in [-0.2, -0.15) is 0 Å². The first-order valence-corrected chi connectivity index (χ1v) is 7.47. The summed E-state index contributed by atoms with van der Waals surface area (Å²) in [5.74, 6) is 0. The molecule has 0 radical (unpaired) electrons. The minimum absolute atomic E-state index is 0.0258. The molecule has 0 aliphatic carbocycles. The van der Waals surface area contributed by atoms with Crippen LogP contribution in [0.1, 0.15) is 12.8 Å². The van der Waals surface area contributed by atoms with Crippen LogP contribution in [-0.4, -0.2) is 63.2 Å². The minimum atomic E-state index is -0.0258. The van der Waals surface area contributed by atoms with Crippen LogP contribution >= 0.6 is 0 Å². The maximum Gasteiger partial charge on any atom is 0.321 e. The van der Waals surface area contributed by atoms with E-state index in [-0.39, 0.29) is 6.03 Å². The third-order valence-electron chi connectivity index (χ3n) is 4.19. The number of nitrogens with one attached hydrogen (secondary N) is 1. The molecule has 0 saturated carbocycles. The minimum Gasteiger partial charge on any atom is -0.378 e. The Morgan fingerprint density at radius 1 is 1.14 bits per heavy atom. The summed E-state index contributed by atoms with van der Waals surface area (Å²) in [5, 5.41) is 2.97. The van der Waals surface area contributed by atoms with E-state index in [1.54, 1.807) is 0 Å². The van der Waals surface area contributed by atoms with Gasteiger partial charge in [0.2, 0.25) is 0 Å². The first-order chi connectivity index (χ1) is 9.97. The lowest BCUT2D eigenvalue weighted by molar-refractivity contribution is 0.156. The van der Waals surface area contributed by atoms with Gasteiger partial charge in [0, 0.05) is 38.6 Å². The van der Waals surface area contributed by atoms with Gasteiger partial charge in [0.05, 0.1) is 0 Å². The number of urea groups is 1. The van der Waals surface area contributed by atoms with Gasteiger partial charge >= 0.3 is 6.03 Å². The van der Waals surface area contributed by atoms with Crippen molar-refractivity contribution in [3.63, 3.8) is 0 Å². The number of carbonyl (C=O) groups is 1. The summed E-state index contributed by atoms with van der Waals surface area (Å²) in [6.07, 6.45) is 2.08. The highest BCUT2D eigenvalue weighted by Crippen LogP contribution is 2.18. The molecule has 1 saturated heterocycles. The van der Waals surface area contributed by atoms with Crippen molar-refractivity contribution in [1.82, 2.24) is 9.80 Å². The fraction of sp³-hybridized carbons (Fsp3) is 0.562. The Kier molecular flexibility index (Phi) is 5.07. The Morgan fingerprint density at radius 3 is 2.24 bits per heavy atom. The number of carbonyl (C=O) groups excluding carboxylic acids is 1. The van der Waals surface area contributed by atoms with Crippen LogP contribution in [0.4, 0.5) is 16.2 Å². The molecule has 1 N–H and O–H groups in total. The lowest BCUT2D eigenvalue weighted by Gasteiger charge is -2.35. The average Bonchev–Trinajstić information content (AvgIpc) is 2.47. The Balaban J connectivity index is 1.91. The van der Waals surface area contributed by atoms with Gasteiger partial charge < -0.3 is 20.0 Å². The van der Waals surface area contributed by atoms with E-state index in [0.717, 1.165) is 37.3 Å². The number of likely N-dealkylation sites (tertiary alicyclic amines) is 1. The molecule has 1 aliphatic rings. The molecule has 1 heterocycles. The monoisotopic (exact) mass is 290 g/mol. The first-order valence-electron chi connectivity index (χ1n) is 7.47. The summed E-state index contributed by atoms with van der Waals surface area (Å²) in [4.78, 5) is 18.5. The van der Waals surface area contributed by atoms with Crippen molar-refractivity contribution in [2.75, 3.05) is 51.5 Å². The fourth-order valence-electron chi connectivity index (χ4n) is 2.60. The van der Waals surface area contributed by atoms with E-state index in [1.165, 1.54) is 0 Å². The Morgan fingerprint density at radius 2 is 1.71 bits per heavy atom. The lowest BCUT2D eigenvalue weighted by atomic mass is 10.0. The first kappa shape index (κ1) is 15.6. The molecule has 2 rings (SSSR count). The Hall–Kier alpha value is -1.75. The van der Waals surface area contributed by atoms with Gasteiger partial charge in [-0.1, -0.05) is 0 Å². The quantitative estimate of drug-likeness (QED) is 0.928. The van der Waals surface area contributed by atoms with Crippen LogP contribution in [0.15, 0.2) is 24.3 Å². The molecule has 1 aromatic carbocycles. The van der Waals surface area contributed by atoms with Crippen molar-refractivity contribution in [2.45, 2.75) is 18.9 Å². The van der Waals surface area contributed by atoms with Crippen LogP contribution in [0.2, 0.25) is 0 Å². The highest BCUT2D eigenvalue weighted by molar-refractivity contribution is 5.89. The van der Waals surface area contributed by atoms with Crippen molar-refractivity contribution in [2.24, 2.45) is 0 Å². The molecule has 5 heteroatoms. The highest BCUT2D eigenvalue weighted by Gasteiger charge is 2.23. The third-order valence-corrected chi connectivity index (χ3v) is 4.19. The molecule has 1 aliphatic heterocycles. The maximum absolute atomic E-state index is 12.3. The van der Waals surface area contributed by atoms with Crippen molar-refractivity contribution >= 4 is 17.4 Å². The number of hydrogen-bond acceptors (Lipinski definition) is 3. The van der Waals surface area contributed by atoms with E-state index in [4.69, 9.17) is 0 Å². The molecule has 0 atom stereocenters. The maximum atomic E-state index is 12.3. The second-order valence-electron chi connectivity index (χ2n) is 6.02. The van der Waals surface area contributed by atoms with Crippen molar-refractivity contribution in [3.8, 4) is 0 Å². The van der Waals surface area contributed by atoms with Gasteiger partial charge in [0.25, 0.3) is 0 Å². The predicted octanol–water partition coefficient (Wildman–Crippen LogP) is 2.31. The van der Waals surface area contributed by atoms with Crippen LogP contribution in [0, 0.1) is 0 Å². The number of hydrogen-bond donors (Lipinski definition) is 1. The van der Waals surface area contributed by atoms with Gasteiger partial charge in [-0.05, 0) is 57.2 Å². The van der Waals surface area contributed by atoms with Crippen LogP contribution < -0.4 is 10.2 Å². The largest absolute Gasteiger partial charge is 0.378 e. The smallest absolute Gasteiger partial charge is 0.321 e. The molecular weight excluding hydrogens is 264 g/mol. The average molecular weight is 290 g/mol. The van der Waals surface area contributed by atoms with Gasteiger partial charge in [-0.25, -0.2) is 4.79 Å². The molecular formula is C16H26N4O. The normalized spacial score (nSPS) is 16.6. The molecule has 1 fully saturated rings. The van der Waals surface area contributed by atoms with Crippen LogP contribution in [0.3, 0.4) is 0 Å². The van der Waals surface area contributed by atoms with Gasteiger partial charge in [0.1, 0.15) is 0 Å². The van der Waals surface area contributed by atoms with Gasteiger partial charge in [0.15, 0.2) is 0 Å². The molecule has 1 aromatic rings. The third kappa shape index (κ3) is 4.11. The van der Waals surface area contributed by atoms with E-state index >= 15 is 0 Å². The number of anilines is 2. The fourth-order valence-corrected chi connectivity index (χ4v) is 2.60.